The average molecular weight is 314 g/mol. The van der Waals surface area contributed by atoms with Crippen molar-refractivity contribution >= 4 is 22.3 Å². The highest BCUT2D eigenvalue weighted by atomic mass is 32.1. The molecule has 0 atom stereocenters. The molecule has 22 heavy (non-hydrogen) atoms. The van der Waals surface area contributed by atoms with Gasteiger partial charge in [-0.2, -0.15) is 0 Å². The Bertz CT molecular complexity index is 911. The Morgan fingerprint density at radius 2 is 2.09 bits per heavy atom. The zero-order chi connectivity index (χ0) is 15.7. The standard InChI is InChI=1S/C16H14N2O3S/c1-10-3-4-12(7-11(10)2)15(20)21-9-13-8-14(19)18-5-6-22-16(18)17-13/h3-8H,9H2,1-2H3. The van der Waals surface area contributed by atoms with Crippen molar-refractivity contribution in [2.45, 2.75) is 20.5 Å². The van der Waals surface area contributed by atoms with E-state index in [9.17, 15) is 9.59 Å². The van der Waals surface area contributed by atoms with Crippen LogP contribution in [0.3, 0.4) is 0 Å². The van der Waals surface area contributed by atoms with Gasteiger partial charge in [-0.05, 0) is 37.1 Å². The van der Waals surface area contributed by atoms with Gasteiger partial charge >= 0.3 is 5.97 Å². The molecule has 0 unspecified atom stereocenters. The van der Waals surface area contributed by atoms with Gasteiger partial charge in [0.2, 0.25) is 0 Å². The summed E-state index contributed by atoms with van der Waals surface area (Å²) in [6.45, 7) is 3.91. The number of thiazole rings is 1. The molecule has 0 aliphatic carbocycles. The first-order valence-corrected chi connectivity index (χ1v) is 7.63. The van der Waals surface area contributed by atoms with E-state index in [0.717, 1.165) is 11.1 Å². The van der Waals surface area contributed by atoms with Crippen LogP contribution in [-0.2, 0) is 11.3 Å². The van der Waals surface area contributed by atoms with E-state index < -0.39 is 5.97 Å². The lowest BCUT2D eigenvalue weighted by molar-refractivity contribution is 0.0467. The Morgan fingerprint density at radius 1 is 1.27 bits per heavy atom. The third-order valence-electron chi connectivity index (χ3n) is 3.45. The first-order valence-electron chi connectivity index (χ1n) is 6.75. The second-order valence-corrected chi connectivity index (χ2v) is 5.89. The minimum atomic E-state index is -0.420. The Hall–Kier alpha value is -2.47. The van der Waals surface area contributed by atoms with Crippen LogP contribution >= 0.6 is 11.3 Å². The fourth-order valence-corrected chi connectivity index (χ4v) is 2.79. The summed E-state index contributed by atoms with van der Waals surface area (Å²) < 4.78 is 6.70. The lowest BCUT2D eigenvalue weighted by atomic mass is 10.1. The molecule has 0 bridgehead atoms. The summed E-state index contributed by atoms with van der Waals surface area (Å²) >= 11 is 1.36. The predicted octanol–water partition coefficient (Wildman–Crippen LogP) is 2.73. The summed E-state index contributed by atoms with van der Waals surface area (Å²) in [5.41, 5.74) is 2.92. The summed E-state index contributed by atoms with van der Waals surface area (Å²) in [6, 6.07) is 6.79. The minimum absolute atomic E-state index is 0.0185. The second kappa shape index (κ2) is 5.73. The van der Waals surface area contributed by atoms with E-state index in [-0.39, 0.29) is 12.2 Å². The third-order valence-corrected chi connectivity index (χ3v) is 4.21. The SMILES string of the molecule is Cc1ccc(C(=O)OCc2cc(=O)n3ccsc3n2)cc1C. The summed E-state index contributed by atoms with van der Waals surface area (Å²) in [5.74, 6) is -0.420. The van der Waals surface area contributed by atoms with E-state index in [0.29, 0.717) is 16.2 Å². The smallest absolute Gasteiger partial charge is 0.338 e. The fraction of sp³-hybridized carbons (Fsp3) is 0.188. The molecule has 0 radical (unpaired) electrons. The third kappa shape index (κ3) is 2.78. The lowest BCUT2D eigenvalue weighted by Crippen LogP contribution is -2.14. The number of benzene rings is 1. The first kappa shape index (κ1) is 14.5. The van der Waals surface area contributed by atoms with Crippen LogP contribution in [0.1, 0.15) is 27.2 Å². The predicted molar refractivity (Wildman–Crippen MR) is 84.4 cm³/mol. The number of ether oxygens (including phenoxy) is 1. The normalized spacial score (nSPS) is 10.8. The minimum Gasteiger partial charge on any atom is -0.456 e. The maximum absolute atomic E-state index is 12.0. The summed E-state index contributed by atoms with van der Waals surface area (Å²) in [4.78, 5) is 28.8. The monoisotopic (exact) mass is 314 g/mol. The summed E-state index contributed by atoms with van der Waals surface area (Å²) in [7, 11) is 0. The van der Waals surface area contributed by atoms with Gasteiger partial charge in [-0.15, -0.1) is 11.3 Å². The van der Waals surface area contributed by atoms with Crippen molar-refractivity contribution in [2.75, 3.05) is 0 Å². The molecule has 0 aliphatic heterocycles. The van der Waals surface area contributed by atoms with E-state index in [1.807, 2.05) is 19.9 Å². The number of nitrogens with zero attached hydrogens (tertiary/aromatic N) is 2. The van der Waals surface area contributed by atoms with Crippen LogP contribution in [0.15, 0.2) is 40.6 Å². The number of carbonyl (C=O) groups excluding carboxylic acids is 1. The lowest BCUT2D eigenvalue weighted by Gasteiger charge is -2.06. The maximum atomic E-state index is 12.0. The Labute approximate surface area is 130 Å². The number of aryl methyl sites for hydroxylation is 2. The van der Waals surface area contributed by atoms with Gasteiger partial charge in [-0.1, -0.05) is 6.07 Å². The van der Waals surface area contributed by atoms with Gasteiger partial charge in [0.05, 0.1) is 11.3 Å². The zero-order valence-corrected chi connectivity index (χ0v) is 13.0. The number of hydrogen-bond donors (Lipinski definition) is 0. The molecule has 3 rings (SSSR count). The van der Waals surface area contributed by atoms with Crippen LogP contribution in [0, 0.1) is 13.8 Å². The van der Waals surface area contributed by atoms with Gasteiger partial charge in [0, 0.05) is 17.6 Å². The molecule has 0 fully saturated rings. The molecular weight excluding hydrogens is 300 g/mol. The van der Waals surface area contributed by atoms with Crippen LogP contribution in [-0.4, -0.2) is 15.4 Å². The number of hydrogen-bond acceptors (Lipinski definition) is 5. The van der Waals surface area contributed by atoms with Crippen LogP contribution in [0.5, 0.6) is 0 Å². The van der Waals surface area contributed by atoms with Crippen LogP contribution in [0.25, 0.3) is 4.96 Å². The van der Waals surface area contributed by atoms with Crippen molar-refractivity contribution in [2.24, 2.45) is 0 Å². The molecule has 0 spiro atoms. The Morgan fingerprint density at radius 3 is 2.86 bits per heavy atom. The number of rotatable bonds is 3. The van der Waals surface area contributed by atoms with Crippen molar-refractivity contribution in [3.8, 4) is 0 Å². The number of carbonyl (C=O) groups is 1. The van der Waals surface area contributed by atoms with Crippen LogP contribution in [0.2, 0.25) is 0 Å². The van der Waals surface area contributed by atoms with Gasteiger partial charge in [0.15, 0.2) is 4.96 Å². The molecule has 0 saturated heterocycles. The van der Waals surface area contributed by atoms with E-state index in [4.69, 9.17) is 4.74 Å². The van der Waals surface area contributed by atoms with Gasteiger partial charge in [-0.3, -0.25) is 9.20 Å². The van der Waals surface area contributed by atoms with Gasteiger partial charge in [0.1, 0.15) is 6.61 Å². The first-order chi connectivity index (χ1) is 10.5. The topological polar surface area (TPSA) is 60.7 Å². The molecule has 0 aliphatic rings. The highest BCUT2D eigenvalue weighted by Gasteiger charge is 2.10. The van der Waals surface area contributed by atoms with E-state index in [1.165, 1.54) is 21.8 Å². The van der Waals surface area contributed by atoms with E-state index >= 15 is 0 Å². The van der Waals surface area contributed by atoms with E-state index in [1.54, 1.807) is 23.7 Å². The molecular formula is C16H14N2O3S. The molecule has 0 amide bonds. The highest BCUT2D eigenvalue weighted by molar-refractivity contribution is 7.15. The Kier molecular flexibility index (Phi) is 3.77. The van der Waals surface area contributed by atoms with Crippen molar-refractivity contribution < 1.29 is 9.53 Å². The maximum Gasteiger partial charge on any atom is 0.338 e. The highest BCUT2D eigenvalue weighted by Crippen LogP contribution is 2.12. The molecule has 0 saturated carbocycles. The summed E-state index contributed by atoms with van der Waals surface area (Å²) in [5, 5.41) is 1.79. The van der Waals surface area contributed by atoms with Crippen molar-refractivity contribution in [3.63, 3.8) is 0 Å². The van der Waals surface area contributed by atoms with Crippen LogP contribution < -0.4 is 5.56 Å². The van der Waals surface area contributed by atoms with Gasteiger partial charge in [-0.25, -0.2) is 9.78 Å². The molecule has 2 aromatic heterocycles. The van der Waals surface area contributed by atoms with Crippen molar-refractivity contribution in [1.29, 1.82) is 0 Å². The average Bonchev–Trinajstić information content (AvgIpc) is 2.96. The molecule has 3 aromatic rings. The molecule has 112 valence electrons. The quantitative estimate of drug-likeness (QED) is 0.697. The number of fused-ring (bicyclic) bond motifs is 1. The zero-order valence-electron chi connectivity index (χ0n) is 12.2. The van der Waals surface area contributed by atoms with Gasteiger partial charge in [0.25, 0.3) is 5.56 Å². The summed E-state index contributed by atoms with van der Waals surface area (Å²) in [6.07, 6.45) is 1.67. The number of esters is 1. The fourth-order valence-electron chi connectivity index (χ4n) is 2.05. The number of aromatic nitrogens is 2. The van der Waals surface area contributed by atoms with Gasteiger partial charge < -0.3 is 4.74 Å². The Balaban J connectivity index is 1.76. The largest absolute Gasteiger partial charge is 0.456 e. The molecule has 0 N–H and O–H groups in total. The molecule has 2 heterocycles. The molecule has 1 aromatic carbocycles. The van der Waals surface area contributed by atoms with Crippen LogP contribution in [0.4, 0.5) is 0 Å². The van der Waals surface area contributed by atoms with Crippen molar-refractivity contribution in [1.82, 2.24) is 9.38 Å². The second-order valence-electron chi connectivity index (χ2n) is 5.02. The van der Waals surface area contributed by atoms with Crippen molar-refractivity contribution in [3.05, 3.63) is 68.6 Å². The molecule has 6 heteroatoms. The molecule has 5 nitrogen and oxygen atoms in total. The van der Waals surface area contributed by atoms with E-state index in [2.05, 4.69) is 4.98 Å².